The van der Waals surface area contributed by atoms with Crippen molar-refractivity contribution >= 4 is 28.2 Å². The molecular weight excluding hydrogens is 224 g/mol. The van der Waals surface area contributed by atoms with E-state index in [1.165, 1.54) is 11.3 Å². The minimum absolute atomic E-state index is 0.0640. The van der Waals surface area contributed by atoms with Crippen LogP contribution in [0.25, 0.3) is 0 Å². The fraction of sp³-hybridized carbons (Fsp3) is 0.600. The summed E-state index contributed by atoms with van der Waals surface area (Å²) in [5.41, 5.74) is 5.71. The van der Waals surface area contributed by atoms with Gasteiger partial charge in [-0.05, 0) is 13.3 Å². The quantitative estimate of drug-likeness (QED) is 0.842. The van der Waals surface area contributed by atoms with Crippen LogP contribution in [0.1, 0.15) is 29.9 Å². The number of nitrogens with zero attached hydrogens (tertiary/aromatic N) is 2. The average molecular weight is 242 g/mol. The number of thiazole rings is 1. The number of aromatic nitrogens is 1. The highest BCUT2D eigenvalue weighted by Crippen LogP contribution is 2.26. The van der Waals surface area contributed by atoms with Crippen LogP contribution < -0.4 is 11.1 Å². The first kappa shape index (κ1) is 12.8. The first-order chi connectivity index (χ1) is 7.51. The Hall–Kier alpha value is -1.30. The summed E-state index contributed by atoms with van der Waals surface area (Å²) < 4.78 is 0. The molecule has 0 aliphatic carbocycles. The first-order valence-corrected chi connectivity index (χ1v) is 6.04. The minimum Gasteiger partial charge on any atom is -0.382 e. The number of anilines is 2. The third-order valence-corrected chi connectivity index (χ3v) is 3.71. The first-order valence-electron chi connectivity index (χ1n) is 5.22. The molecule has 1 atom stereocenters. The maximum Gasteiger partial charge on any atom is 0.267 e. The van der Waals surface area contributed by atoms with Gasteiger partial charge >= 0.3 is 0 Å². The number of carbonyl (C=O) groups excluding carboxylic acids is 1. The van der Waals surface area contributed by atoms with E-state index in [4.69, 9.17) is 5.73 Å². The van der Waals surface area contributed by atoms with Crippen LogP contribution in [0.5, 0.6) is 0 Å². The molecule has 3 N–H and O–H groups in total. The summed E-state index contributed by atoms with van der Waals surface area (Å²) in [6.45, 7) is 4.05. The second kappa shape index (κ2) is 5.16. The molecule has 0 saturated heterocycles. The molecule has 90 valence electrons. The van der Waals surface area contributed by atoms with Crippen molar-refractivity contribution in [3.8, 4) is 0 Å². The Labute approximate surface area is 99.7 Å². The Morgan fingerprint density at radius 1 is 1.69 bits per heavy atom. The molecule has 0 radical (unpaired) electrons. The lowest BCUT2D eigenvalue weighted by molar-refractivity contribution is 0.0746. The zero-order chi connectivity index (χ0) is 12.3. The van der Waals surface area contributed by atoms with Crippen LogP contribution >= 0.6 is 11.3 Å². The predicted molar refractivity (Wildman–Crippen MR) is 67.9 cm³/mol. The van der Waals surface area contributed by atoms with E-state index >= 15 is 0 Å². The SMILES string of the molecule is CCC(C)N(C)C(=O)c1sc(NC)nc1N. The normalized spacial score (nSPS) is 12.2. The standard InChI is InChI=1S/C10H18N4OS/c1-5-6(2)14(4)9(15)7-8(11)13-10(12-3)16-7/h6H,5,11H2,1-4H3,(H,12,13). The van der Waals surface area contributed by atoms with E-state index in [1.807, 2.05) is 13.8 Å². The van der Waals surface area contributed by atoms with Crippen LogP contribution in [0, 0.1) is 0 Å². The second-order valence-electron chi connectivity index (χ2n) is 3.66. The molecular formula is C10H18N4OS. The highest BCUT2D eigenvalue weighted by atomic mass is 32.1. The third kappa shape index (κ3) is 2.44. The Balaban J connectivity index is 2.91. The summed E-state index contributed by atoms with van der Waals surface area (Å²) in [6.07, 6.45) is 0.917. The van der Waals surface area contributed by atoms with Crippen molar-refractivity contribution < 1.29 is 4.79 Å². The largest absolute Gasteiger partial charge is 0.382 e. The van der Waals surface area contributed by atoms with E-state index in [1.54, 1.807) is 19.0 Å². The Kier molecular flexibility index (Phi) is 4.12. The van der Waals surface area contributed by atoms with E-state index < -0.39 is 0 Å². The molecule has 1 unspecified atom stereocenters. The van der Waals surface area contributed by atoms with Crippen molar-refractivity contribution in [1.29, 1.82) is 0 Å². The van der Waals surface area contributed by atoms with Crippen LogP contribution in [-0.2, 0) is 0 Å². The molecule has 5 nitrogen and oxygen atoms in total. The molecule has 16 heavy (non-hydrogen) atoms. The number of nitrogen functional groups attached to an aromatic ring is 1. The molecule has 6 heteroatoms. The number of hydrogen-bond acceptors (Lipinski definition) is 5. The van der Waals surface area contributed by atoms with Crippen molar-refractivity contribution in [3.63, 3.8) is 0 Å². The van der Waals surface area contributed by atoms with Gasteiger partial charge in [-0.1, -0.05) is 18.3 Å². The smallest absolute Gasteiger partial charge is 0.267 e. The van der Waals surface area contributed by atoms with Crippen molar-refractivity contribution in [1.82, 2.24) is 9.88 Å². The van der Waals surface area contributed by atoms with Gasteiger partial charge in [0.25, 0.3) is 5.91 Å². The molecule has 0 aliphatic rings. The number of nitrogens with two attached hydrogens (primary N) is 1. The third-order valence-electron chi connectivity index (χ3n) is 2.63. The van der Waals surface area contributed by atoms with E-state index in [-0.39, 0.29) is 11.9 Å². The monoisotopic (exact) mass is 242 g/mol. The maximum absolute atomic E-state index is 12.1. The molecule has 0 aliphatic heterocycles. The summed E-state index contributed by atoms with van der Waals surface area (Å²) >= 11 is 1.29. The summed E-state index contributed by atoms with van der Waals surface area (Å²) in [5, 5.41) is 3.55. The molecule has 0 bridgehead atoms. The van der Waals surface area contributed by atoms with Gasteiger partial charge in [-0.3, -0.25) is 4.79 Å². The zero-order valence-electron chi connectivity index (χ0n) is 10.1. The molecule has 1 amide bonds. The van der Waals surface area contributed by atoms with Gasteiger partial charge in [-0.25, -0.2) is 4.98 Å². The molecule has 1 rings (SSSR count). The number of hydrogen-bond donors (Lipinski definition) is 2. The lowest BCUT2D eigenvalue weighted by atomic mass is 10.2. The number of amides is 1. The van der Waals surface area contributed by atoms with Crippen molar-refractivity contribution in [2.24, 2.45) is 0 Å². The van der Waals surface area contributed by atoms with Crippen LogP contribution in [0.15, 0.2) is 0 Å². The second-order valence-corrected chi connectivity index (χ2v) is 4.66. The maximum atomic E-state index is 12.1. The van der Waals surface area contributed by atoms with Crippen molar-refractivity contribution in [2.45, 2.75) is 26.3 Å². The summed E-state index contributed by atoms with van der Waals surface area (Å²) in [5.74, 6) is 0.236. The average Bonchev–Trinajstić information content (AvgIpc) is 2.67. The predicted octanol–water partition coefficient (Wildman–Crippen LogP) is 1.64. The highest BCUT2D eigenvalue weighted by Gasteiger charge is 2.21. The molecule has 1 aromatic rings. The van der Waals surface area contributed by atoms with Gasteiger partial charge in [0.2, 0.25) is 0 Å². The Morgan fingerprint density at radius 2 is 2.31 bits per heavy atom. The van der Waals surface area contributed by atoms with Crippen LogP contribution in [0.4, 0.5) is 10.9 Å². The van der Waals surface area contributed by atoms with E-state index in [9.17, 15) is 4.79 Å². The van der Waals surface area contributed by atoms with Gasteiger partial charge < -0.3 is 16.0 Å². The van der Waals surface area contributed by atoms with Gasteiger partial charge in [-0.15, -0.1) is 0 Å². The molecule has 0 aromatic carbocycles. The number of rotatable bonds is 4. The van der Waals surface area contributed by atoms with E-state index in [2.05, 4.69) is 10.3 Å². The van der Waals surface area contributed by atoms with Gasteiger partial charge in [0.05, 0.1) is 0 Å². The van der Waals surface area contributed by atoms with Gasteiger partial charge in [0.1, 0.15) is 10.7 Å². The van der Waals surface area contributed by atoms with Crippen molar-refractivity contribution in [2.75, 3.05) is 25.1 Å². The fourth-order valence-corrected chi connectivity index (χ4v) is 2.05. The van der Waals surface area contributed by atoms with E-state index in [0.717, 1.165) is 6.42 Å². The molecule has 1 aromatic heterocycles. The highest BCUT2D eigenvalue weighted by molar-refractivity contribution is 7.18. The molecule has 1 heterocycles. The lowest BCUT2D eigenvalue weighted by Gasteiger charge is -2.23. The Morgan fingerprint density at radius 3 is 2.75 bits per heavy atom. The van der Waals surface area contributed by atoms with Crippen molar-refractivity contribution in [3.05, 3.63) is 4.88 Å². The van der Waals surface area contributed by atoms with Gasteiger partial charge in [0, 0.05) is 20.1 Å². The summed E-state index contributed by atoms with van der Waals surface area (Å²) in [7, 11) is 3.54. The van der Waals surface area contributed by atoms with E-state index in [0.29, 0.717) is 15.8 Å². The zero-order valence-corrected chi connectivity index (χ0v) is 10.9. The lowest BCUT2D eigenvalue weighted by Crippen LogP contribution is -2.34. The Bertz CT molecular complexity index is 377. The summed E-state index contributed by atoms with van der Waals surface area (Å²) in [6, 6.07) is 0.201. The molecule has 0 spiro atoms. The van der Waals surface area contributed by atoms with Gasteiger partial charge in [-0.2, -0.15) is 0 Å². The summed E-state index contributed by atoms with van der Waals surface area (Å²) in [4.78, 5) is 18.3. The fourth-order valence-electron chi connectivity index (χ4n) is 1.23. The topological polar surface area (TPSA) is 71.2 Å². The minimum atomic E-state index is -0.0640. The van der Waals surface area contributed by atoms with Crippen LogP contribution in [0.2, 0.25) is 0 Å². The van der Waals surface area contributed by atoms with Gasteiger partial charge in [0.15, 0.2) is 5.13 Å². The molecule has 0 saturated carbocycles. The van der Waals surface area contributed by atoms with Crippen LogP contribution in [0.3, 0.4) is 0 Å². The van der Waals surface area contributed by atoms with Crippen LogP contribution in [-0.4, -0.2) is 35.9 Å². The molecule has 0 fully saturated rings. The number of nitrogens with one attached hydrogen (secondary N) is 1. The number of carbonyl (C=O) groups is 1.